The van der Waals surface area contributed by atoms with Crippen molar-refractivity contribution in [2.75, 3.05) is 6.54 Å². The third-order valence-corrected chi connectivity index (χ3v) is 3.07. The average molecular weight is 317 g/mol. The maximum atomic E-state index is 11.0. The van der Waals surface area contributed by atoms with E-state index in [9.17, 15) is 14.9 Å². The molecule has 0 radical (unpaired) electrons. The second-order valence-electron chi connectivity index (χ2n) is 3.85. The number of nitrogens with two attached hydrogens (primary N) is 1. The van der Waals surface area contributed by atoms with Crippen LogP contribution >= 0.6 is 15.9 Å². The Hall–Kier alpha value is -1.47. The largest absolute Gasteiger partial charge is 0.481 e. The predicted molar refractivity (Wildman–Crippen MR) is 69.3 cm³/mol. The Kier molecular flexibility index (Phi) is 5.24. The number of hydrogen-bond acceptors (Lipinski definition) is 4. The zero-order valence-corrected chi connectivity index (χ0v) is 11.1. The van der Waals surface area contributed by atoms with Gasteiger partial charge in [0.25, 0.3) is 5.69 Å². The number of nitro benzene ring substituents is 1. The van der Waals surface area contributed by atoms with Gasteiger partial charge in [0.2, 0.25) is 0 Å². The van der Waals surface area contributed by atoms with Crippen molar-refractivity contribution in [2.24, 2.45) is 11.7 Å². The van der Waals surface area contributed by atoms with Crippen molar-refractivity contribution in [2.45, 2.75) is 12.8 Å². The Morgan fingerprint density at radius 2 is 2.22 bits per heavy atom. The Labute approximate surface area is 112 Å². The van der Waals surface area contributed by atoms with Crippen LogP contribution in [-0.4, -0.2) is 22.5 Å². The minimum Gasteiger partial charge on any atom is -0.481 e. The van der Waals surface area contributed by atoms with Crippen molar-refractivity contribution >= 4 is 27.6 Å². The number of carbonyl (C=O) groups is 1. The summed E-state index contributed by atoms with van der Waals surface area (Å²) in [6, 6.07) is 4.59. The molecule has 0 aliphatic rings. The molecule has 0 aliphatic carbocycles. The monoisotopic (exact) mass is 316 g/mol. The molecule has 0 heterocycles. The van der Waals surface area contributed by atoms with Crippen molar-refractivity contribution < 1.29 is 14.8 Å². The van der Waals surface area contributed by atoms with Gasteiger partial charge in [-0.25, -0.2) is 0 Å². The zero-order valence-electron chi connectivity index (χ0n) is 9.51. The summed E-state index contributed by atoms with van der Waals surface area (Å²) in [7, 11) is 0. The fourth-order valence-electron chi connectivity index (χ4n) is 1.66. The number of halogens is 1. The van der Waals surface area contributed by atoms with Crippen LogP contribution in [-0.2, 0) is 11.2 Å². The quantitative estimate of drug-likeness (QED) is 0.616. The second kappa shape index (κ2) is 6.46. The van der Waals surface area contributed by atoms with Crippen LogP contribution in [0.2, 0.25) is 0 Å². The third kappa shape index (κ3) is 3.78. The first kappa shape index (κ1) is 14.6. The summed E-state index contributed by atoms with van der Waals surface area (Å²) in [5.41, 5.74) is 5.67. The van der Waals surface area contributed by atoms with Crippen LogP contribution in [0.1, 0.15) is 12.0 Å². The highest BCUT2D eigenvalue weighted by molar-refractivity contribution is 9.10. The molecule has 0 spiro atoms. The number of carboxylic acids is 1. The molecule has 0 amide bonds. The van der Waals surface area contributed by atoms with Crippen molar-refractivity contribution in [1.82, 2.24) is 0 Å². The Balaban J connectivity index is 3.01. The van der Waals surface area contributed by atoms with Gasteiger partial charge >= 0.3 is 5.97 Å². The molecule has 1 aromatic rings. The van der Waals surface area contributed by atoms with Gasteiger partial charge in [-0.2, -0.15) is 0 Å². The minimum atomic E-state index is -0.988. The first-order valence-electron chi connectivity index (χ1n) is 5.31. The molecule has 0 aromatic heterocycles. The number of nitro groups is 1. The smallest absolute Gasteiger partial charge is 0.306 e. The molecule has 1 atom stereocenters. The molecule has 1 rings (SSSR count). The molecule has 0 bridgehead atoms. The number of rotatable bonds is 6. The molecule has 1 aromatic carbocycles. The molecule has 3 N–H and O–H groups in total. The third-order valence-electron chi connectivity index (χ3n) is 2.57. The maximum Gasteiger partial charge on any atom is 0.306 e. The molecule has 0 fully saturated rings. The summed E-state index contributed by atoms with van der Waals surface area (Å²) in [6.07, 6.45) is 0.401. The maximum absolute atomic E-state index is 11.0. The predicted octanol–water partition coefficient (Wildman–Crippen LogP) is 1.95. The summed E-state index contributed by atoms with van der Waals surface area (Å²) in [4.78, 5) is 21.4. The lowest BCUT2D eigenvalue weighted by molar-refractivity contribution is -0.385. The van der Waals surface area contributed by atoms with E-state index in [1.807, 2.05) is 0 Å². The van der Waals surface area contributed by atoms with E-state index in [0.29, 0.717) is 16.5 Å². The molecule has 0 saturated carbocycles. The standard InChI is InChI=1S/C11H13BrN2O4/c12-9-2-1-7(10(6-9)14(17)18)5-8(3-4-13)11(15)16/h1-2,6,8H,3-5,13H2,(H,15,16). The van der Waals surface area contributed by atoms with Crippen LogP contribution in [0, 0.1) is 16.0 Å². The van der Waals surface area contributed by atoms with Gasteiger partial charge in [0.15, 0.2) is 0 Å². The van der Waals surface area contributed by atoms with E-state index in [-0.39, 0.29) is 18.7 Å². The molecular formula is C11H13BrN2O4. The van der Waals surface area contributed by atoms with E-state index in [1.165, 1.54) is 6.07 Å². The van der Waals surface area contributed by atoms with Gasteiger partial charge in [0.1, 0.15) is 0 Å². The van der Waals surface area contributed by atoms with E-state index in [4.69, 9.17) is 10.8 Å². The van der Waals surface area contributed by atoms with Crippen molar-refractivity contribution in [3.05, 3.63) is 38.3 Å². The summed E-state index contributed by atoms with van der Waals surface area (Å²) < 4.78 is 0.587. The first-order chi connectivity index (χ1) is 8.45. The van der Waals surface area contributed by atoms with Crippen LogP contribution in [0.4, 0.5) is 5.69 Å². The molecule has 98 valence electrons. The number of nitrogens with zero attached hydrogens (tertiary/aromatic N) is 1. The fraction of sp³-hybridized carbons (Fsp3) is 0.364. The summed E-state index contributed by atoms with van der Waals surface area (Å²) in [6.45, 7) is 0.237. The highest BCUT2D eigenvalue weighted by Crippen LogP contribution is 2.26. The van der Waals surface area contributed by atoms with Crippen LogP contribution in [0.3, 0.4) is 0 Å². The normalized spacial score (nSPS) is 12.1. The van der Waals surface area contributed by atoms with Crippen LogP contribution in [0.15, 0.2) is 22.7 Å². The van der Waals surface area contributed by atoms with Crippen LogP contribution < -0.4 is 5.73 Å². The summed E-state index contributed by atoms with van der Waals surface area (Å²) >= 11 is 3.15. The van der Waals surface area contributed by atoms with Gasteiger partial charge < -0.3 is 10.8 Å². The van der Waals surface area contributed by atoms with Gasteiger partial charge in [0.05, 0.1) is 10.8 Å². The van der Waals surface area contributed by atoms with Gasteiger partial charge in [0, 0.05) is 16.1 Å². The van der Waals surface area contributed by atoms with Crippen LogP contribution in [0.25, 0.3) is 0 Å². The number of hydrogen-bond donors (Lipinski definition) is 2. The Morgan fingerprint density at radius 1 is 1.56 bits per heavy atom. The van der Waals surface area contributed by atoms with E-state index < -0.39 is 16.8 Å². The molecule has 6 nitrogen and oxygen atoms in total. The zero-order chi connectivity index (χ0) is 13.7. The van der Waals surface area contributed by atoms with E-state index in [1.54, 1.807) is 12.1 Å². The lowest BCUT2D eigenvalue weighted by Gasteiger charge is -2.11. The average Bonchev–Trinajstić information content (AvgIpc) is 2.30. The summed E-state index contributed by atoms with van der Waals surface area (Å²) in [5, 5.41) is 19.9. The fourth-order valence-corrected chi connectivity index (χ4v) is 2.01. The van der Waals surface area contributed by atoms with Gasteiger partial charge in [-0.05, 0) is 25.5 Å². The minimum absolute atomic E-state index is 0.0763. The second-order valence-corrected chi connectivity index (χ2v) is 4.76. The van der Waals surface area contributed by atoms with Crippen molar-refractivity contribution in [3.8, 4) is 0 Å². The lowest BCUT2D eigenvalue weighted by Crippen LogP contribution is -2.20. The van der Waals surface area contributed by atoms with E-state index >= 15 is 0 Å². The number of carboxylic acid groups (broad SMARTS) is 1. The molecular weight excluding hydrogens is 304 g/mol. The lowest BCUT2D eigenvalue weighted by atomic mass is 9.95. The molecule has 18 heavy (non-hydrogen) atoms. The Morgan fingerprint density at radius 3 is 2.72 bits per heavy atom. The van der Waals surface area contributed by atoms with E-state index in [0.717, 1.165) is 0 Å². The Bertz CT molecular complexity index is 464. The van der Waals surface area contributed by atoms with Crippen molar-refractivity contribution in [3.63, 3.8) is 0 Å². The van der Waals surface area contributed by atoms with E-state index in [2.05, 4.69) is 15.9 Å². The van der Waals surface area contributed by atoms with Crippen LogP contribution in [0.5, 0.6) is 0 Å². The van der Waals surface area contributed by atoms with Gasteiger partial charge in [-0.15, -0.1) is 0 Å². The molecule has 0 saturated heterocycles. The van der Waals surface area contributed by atoms with Gasteiger partial charge in [-0.3, -0.25) is 14.9 Å². The van der Waals surface area contributed by atoms with Gasteiger partial charge in [-0.1, -0.05) is 22.0 Å². The number of aliphatic carboxylic acids is 1. The SMILES string of the molecule is NCCC(Cc1ccc(Br)cc1[N+](=O)[O-])C(=O)O. The molecule has 7 heteroatoms. The molecule has 0 aliphatic heterocycles. The highest BCUT2D eigenvalue weighted by atomic mass is 79.9. The highest BCUT2D eigenvalue weighted by Gasteiger charge is 2.22. The van der Waals surface area contributed by atoms with Crippen molar-refractivity contribution in [1.29, 1.82) is 0 Å². The first-order valence-corrected chi connectivity index (χ1v) is 6.10. The molecule has 1 unspecified atom stereocenters. The topological polar surface area (TPSA) is 106 Å². The summed E-state index contributed by atoms with van der Waals surface area (Å²) in [5.74, 6) is -1.69. The number of benzene rings is 1.